The van der Waals surface area contributed by atoms with Crippen molar-refractivity contribution in [1.82, 2.24) is 4.90 Å². The summed E-state index contributed by atoms with van der Waals surface area (Å²) in [6.07, 6.45) is 2.71. The molecule has 0 saturated carbocycles. The monoisotopic (exact) mass is 277 g/mol. The van der Waals surface area contributed by atoms with E-state index in [-0.39, 0.29) is 12.5 Å². The van der Waals surface area contributed by atoms with Crippen molar-refractivity contribution in [3.63, 3.8) is 0 Å². The topological polar surface area (TPSA) is 40.5 Å². The van der Waals surface area contributed by atoms with Crippen LogP contribution in [0.3, 0.4) is 0 Å². The molecule has 0 aliphatic carbocycles. The molecule has 0 atom stereocenters. The third-order valence-corrected chi connectivity index (χ3v) is 4.24. The molecular weight excluding hydrogens is 258 g/mol. The number of nitrogens with zero attached hydrogens (tertiary/aromatic N) is 1. The molecule has 0 aliphatic heterocycles. The van der Waals surface area contributed by atoms with Crippen LogP contribution >= 0.6 is 11.3 Å². The fourth-order valence-corrected chi connectivity index (χ4v) is 3.07. The van der Waals surface area contributed by atoms with Gasteiger partial charge in [-0.1, -0.05) is 18.2 Å². The van der Waals surface area contributed by atoms with Gasteiger partial charge in [-0.3, -0.25) is 4.79 Å². The average Bonchev–Trinajstić information content (AvgIpc) is 2.86. The summed E-state index contributed by atoms with van der Waals surface area (Å²) in [6.45, 7) is 0.973. The highest BCUT2D eigenvalue weighted by atomic mass is 32.1. The van der Waals surface area contributed by atoms with Gasteiger partial charge >= 0.3 is 0 Å². The van der Waals surface area contributed by atoms with Crippen molar-refractivity contribution in [3.8, 4) is 0 Å². The number of unbranched alkanes of at least 4 members (excludes halogenated alkanes) is 2. The number of benzene rings is 1. The van der Waals surface area contributed by atoms with Gasteiger partial charge in [0, 0.05) is 24.9 Å². The Morgan fingerprint density at radius 3 is 2.79 bits per heavy atom. The Hall–Kier alpha value is -1.39. The number of amides is 1. The first-order valence-electron chi connectivity index (χ1n) is 6.57. The van der Waals surface area contributed by atoms with Crippen LogP contribution in [0.5, 0.6) is 0 Å². The van der Waals surface area contributed by atoms with Gasteiger partial charge < -0.3 is 10.0 Å². The van der Waals surface area contributed by atoms with E-state index >= 15 is 0 Å². The lowest BCUT2D eigenvalue weighted by molar-refractivity contribution is 0.0797. The molecule has 0 aliphatic rings. The van der Waals surface area contributed by atoms with Gasteiger partial charge in [0.15, 0.2) is 0 Å². The zero-order valence-electron chi connectivity index (χ0n) is 11.1. The fraction of sp³-hybridized carbons (Fsp3) is 0.400. The summed E-state index contributed by atoms with van der Waals surface area (Å²) in [5.41, 5.74) is 0. The summed E-state index contributed by atoms with van der Waals surface area (Å²) >= 11 is 1.55. The minimum atomic E-state index is 0.0881. The Kier molecular flexibility index (Phi) is 4.93. The Morgan fingerprint density at radius 1 is 1.26 bits per heavy atom. The van der Waals surface area contributed by atoms with Crippen molar-refractivity contribution in [2.75, 3.05) is 20.2 Å². The molecule has 0 fully saturated rings. The number of carbonyl (C=O) groups excluding carboxylic acids is 1. The van der Waals surface area contributed by atoms with E-state index < -0.39 is 0 Å². The fourth-order valence-electron chi connectivity index (χ4n) is 2.01. The van der Waals surface area contributed by atoms with Gasteiger partial charge in [-0.25, -0.2) is 0 Å². The van der Waals surface area contributed by atoms with Gasteiger partial charge in [-0.05, 0) is 36.8 Å². The maximum absolute atomic E-state index is 12.3. The van der Waals surface area contributed by atoms with Crippen molar-refractivity contribution >= 4 is 27.3 Å². The zero-order chi connectivity index (χ0) is 13.7. The van der Waals surface area contributed by atoms with E-state index in [0.717, 1.165) is 40.8 Å². The van der Waals surface area contributed by atoms with Crippen LogP contribution in [0.1, 0.15) is 28.9 Å². The molecule has 1 aromatic carbocycles. The van der Waals surface area contributed by atoms with Crippen LogP contribution in [0, 0.1) is 0 Å². The van der Waals surface area contributed by atoms with E-state index in [1.54, 1.807) is 16.2 Å². The van der Waals surface area contributed by atoms with Gasteiger partial charge in [0.05, 0.1) is 4.88 Å². The largest absolute Gasteiger partial charge is 0.396 e. The van der Waals surface area contributed by atoms with E-state index in [1.165, 1.54) is 0 Å². The third-order valence-electron chi connectivity index (χ3n) is 3.13. The summed E-state index contributed by atoms with van der Waals surface area (Å²) in [6, 6.07) is 10.0. The van der Waals surface area contributed by atoms with Gasteiger partial charge in [0.1, 0.15) is 0 Å². The first-order chi connectivity index (χ1) is 9.22. The highest BCUT2D eigenvalue weighted by Gasteiger charge is 2.14. The molecule has 0 spiro atoms. The second-order valence-corrected chi connectivity index (χ2v) is 5.74. The van der Waals surface area contributed by atoms with Crippen molar-refractivity contribution in [2.45, 2.75) is 19.3 Å². The third kappa shape index (κ3) is 3.55. The summed E-state index contributed by atoms with van der Waals surface area (Å²) in [7, 11) is 1.84. The van der Waals surface area contributed by atoms with Gasteiger partial charge in [0.25, 0.3) is 5.91 Å². The molecule has 1 heterocycles. The first-order valence-corrected chi connectivity index (χ1v) is 7.39. The van der Waals surface area contributed by atoms with Gasteiger partial charge in [0.2, 0.25) is 0 Å². The van der Waals surface area contributed by atoms with Crippen LogP contribution in [0.4, 0.5) is 0 Å². The molecule has 4 heteroatoms. The molecule has 0 radical (unpaired) electrons. The van der Waals surface area contributed by atoms with E-state index in [0.29, 0.717) is 0 Å². The molecule has 19 heavy (non-hydrogen) atoms. The predicted octanol–water partition coefficient (Wildman–Crippen LogP) is 3.14. The molecule has 0 unspecified atom stereocenters. The van der Waals surface area contributed by atoms with Crippen molar-refractivity contribution < 1.29 is 9.90 Å². The average molecular weight is 277 g/mol. The van der Waals surface area contributed by atoms with Crippen molar-refractivity contribution in [1.29, 1.82) is 0 Å². The number of hydrogen-bond donors (Lipinski definition) is 1. The summed E-state index contributed by atoms with van der Waals surface area (Å²) in [4.78, 5) is 14.8. The maximum atomic E-state index is 12.3. The molecule has 2 rings (SSSR count). The van der Waals surface area contributed by atoms with Crippen LogP contribution in [-0.4, -0.2) is 36.1 Å². The van der Waals surface area contributed by atoms with Crippen LogP contribution < -0.4 is 0 Å². The smallest absolute Gasteiger partial charge is 0.263 e. The quantitative estimate of drug-likeness (QED) is 0.824. The normalized spacial score (nSPS) is 10.8. The molecule has 0 bridgehead atoms. The summed E-state index contributed by atoms with van der Waals surface area (Å²) < 4.78 is 1.15. The predicted molar refractivity (Wildman–Crippen MR) is 79.7 cm³/mol. The van der Waals surface area contributed by atoms with E-state index in [1.807, 2.05) is 37.4 Å². The first kappa shape index (κ1) is 14.0. The lowest BCUT2D eigenvalue weighted by atomic mass is 10.2. The highest BCUT2D eigenvalue weighted by molar-refractivity contribution is 7.20. The molecule has 0 saturated heterocycles. The molecule has 1 N–H and O–H groups in total. The van der Waals surface area contributed by atoms with Crippen LogP contribution in [0.25, 0.3) is 10.1 Å². The number of aliphatic hydroxyl groups is 1. The molecule has 1 aromatic heterocycles. The highest BCUT2D eigenvalue weighted by Crippen LogP contribution is 2.26. The number of thiophene rings is 1. The minimum Gasteiger partial charge on any atom is -0.396 e. The Morgan fingerprint density at radius 2 is 2.05 bits per heavy atom. The summed E-state index contributed by atoms with van der Waals surface area (Å²) in [5, 5.41) is 9.85. The van der Waals surface area contributed by atoms with Crippen LogP contribution in [0.2, 0.25) is 0 Å². The molecular formula is C15H19NO2S. The van der Waals surface area contributed by atoms with Crippen molar-refractivity contribution in [3.05, 3.63) is 35.2 Å². The Bertz CT molecular complexity index is 517. The SMILES string of the molecule is CN(CCCCCO)C(=O)c1cc2ccccc2s1. The zero-order valence-corrected chi connectivity index (χ0v) is 11.9. The van der Waals surface area contributed by atoms with Gasteiger partial charge in [-0.15, -0.1) is 11.3 Å². The van der Waals surface area contributed by atoms with Crippen LogP contribution in [-0.2, 0) is 0 Å². The lowest BCUT2D eigenvalue weighted by Gasteiger charge is -2.15. The number of aliphatic hydroxyl groups excluding tert-OH is 1. The summed E-state index contributed by atoms with van der Waals surface area (Å²) in [5.74, 6) is 0.0881. The molecule has 1 amide bonds. The standard InChI is InChI=1S/C15H19NO2S/c1-16(9-5-2-6-10-17)15(18)14-11-12-7-3-4-8-13(12)19-14/h3-4,7-8,11,17H,2,5-6,9-10H2,1H3. The number of rotatable bonds is 6. The maximum Gasteiger partial charge on any atom is 0.263 e. The molecule has 3 nitrogen and oxygen atoms in total. The minimum absolute atomic E-state index is 0.0881. The van der Waals surface area contributed by atoms with Crippen LogP contribution in [0.15, 0.2) is 30.3 Å². The second kappa shape index (κ2) is 6.68. The molecule has 102 valence electrons. The lowest BCUT2D eigenvalue weighted by Crippen LogP contribution is -2.27. The van der Waals surface area contributed by atoms with Crippen molar-refractivity contribution in [2.24, 2.45) is 0 Å². The Balaban J connectivity index is 1.98. The Labute approximate surface area is 117 Å². The molecule has 2 aromatic rings. The number of carbonyl (C=O) groups is 1. The van der Waals surface area contributed by atoms with E-state index in [4.69, 9.17) is 5.11 Å². The second-order valence-electron chi connectivity index (χ2n) is 4.66. The van der Waals surface area contributed by atoms with Gasteiger partial charge in [-0.2, -0.15) is 0 Å². The number of fused-ring (bicyclic) bond motifs is 1. The van der Waals surface area contributed by atoms with E-state index in [9.17, 15) is 4.79 Å². The van der Waals surface area contributed by atoms with E-state index in [2.05, 4.69) is 0 Å². The number of hydrogen-bond acceptors (Lipinski definition) is 3.